The largest absolute Gasteiger partial charge is 0.365 e. The van der Waals surface area contributed by atoms with Crippen molar-refractivity contribution in [2.75, 3.05) is 11.4 Å². The van der Waals surface area contributed by atoms with Crippen LogP contribution >= 0.6 is 0 Å². The average molecular weight is 227 g/mol. The van der Waals surface area contributed by atoms with E-state index >= 15 is 0 Å². The quantitative estimate of drug-likeness (QED) is 0.697. The van der Waals surface area contributed by atoms with E-state index < -0.39 is 0 Å². The molecule has 0 amide bonds. The number of nitrogens with zero attached hydrogens (tertiary/aromatic N) is 1. The molecule has 1 atom stereocenters. The lowest BCUT2D eigenvalue weighted by Gasteiger charge is -2.24. The van der Waals surface area contributed by atoms with Crippen LogP contribution in [0.25, 0.3) is 0 Å². The van der Waals surface area contributed by atoms with E-state index in [0.29, 0.717) is 6.04 Å². The highest BCUT2D eigenvalue weighted by molar-refractivity contribution is 5.49. The second-order valence-electron chi connectivity index (χ2n) is 4.61. The van der Waals surface area contributed by atoms with Gasteiger partial charge in [0.05, 0.1) is 0 Å². The van der Waals surface area contributed by atoms with E-state index in [4.69, 9.17) is 0 Å². The molecule has 17 heavy (non-hydrogen) atoms. The Kier molecular flexibility index (Phi) is 4.03. The fraction of sp³-hybridized carbons (Fsp3) is 0.375. The number of hydrogen-bond acceptors (Lipinski definition) is 1. The molecule has 1 heteroatoms. The summed E-state index contributed by atoms with van der Waals surface area (Å²) in [6.07, 6.45) is 8.07. The van der Waals surface area contributed by atoms with Gasteiger partial charge in [-0.3, -0.25) is 0 Å². The zero-order valence-corrected chi connectivity index (χ0v) is 10.6. The van der Waals surface area contributed by atoms with E-state index in [1.54, 1.807) is 0 Å². The summed E-state index contributed by atoms with van der Waals surface area (Å²) in [6, 6.07) is 11.2. The lowest BCUT2D eigenvalue weighted by molar-refractivity contribution is 0.804. The fourth-order valence-electron chi connectivity index (χ4n) is 2.30. The standard InChI is InChI=1S/C16H21N/c1-3-14(2)11-12-16-10-7-13-17(16)15-8-5-4-6-9-15/h4-6,8-9,11-12,16H,2-3,7,10,13H2,1H3/b12-11+/t16-/m1/s1. The third-order valence-corrected chi connectivity index (χ3v) is 3.40. The molecule has 0 aliphatic carbocycles. The van der Waals surface area contributed by atoms with Crippen molar-refractivity contribution in [3.05, 3.63) is 54.6 Å². The molecular weight excluding hydrogens is 206 g/mol. The molecule has 1 aromatic rings. The molecule has 1 aliphatic heterocycles. The molecule has 1 fully saturated rings. The molecule has 0 aromatic heterocycles. The molecule has 1 saturated heterocycles. The lowest BCUT2D eigenvalue weighted by Crippen LogP contribution is -2.27. The highest BCUT2D eigenvalue weighted by atomic mass is 15.2. The minimum atomic E-state index is 0.542. The van der Waals surface area contributed by atoms with Crippen LogP contribution in [0.3, 0.4) is 0 Å². The highest BCUT2D eigenvalue weighted by Crippen LogP contribution is 2.26. The van der Waals surface area contributed by atoms with E-state index in [9.17, 15) is 0 Å². The summed E-state index contributed by atoms with van der Waals surface area (Å²) in [5.41, 5.74) is 2.55. The van der Waals surface area contributed by atoms with Gasteiger partial charge in [-0.25, -0.2) is 0 Å². The molecule has 1 heterocycles. The SMILES string of the molecule is C=C(/C=C/[C@H]1CCCN1c1ccccc1)CC. The topological polar surface area (TPSA) is 3.24 Å². The maximum absolute atomic E-state index is 4.03. The van der Waals surface area contributed by atoms with Gasteiger partial charge >= 0.3 is 0 Å². The molecular formula is C16H21N. The van der Waals surface area contributed by atoms with Crippen LogP contribution in [0.5, 0.6) is 0 Å². The van der Waals surface area contributed by atoms with Crippen molar-refractivity contribution < 1.29 is 0 Å². The van der Waals surface area contributed by atoms with E-state index in [1.807, 2.05) is 0 Å². The van der Waals surface area contributed by atoms with Gasteiger partial charge in [-0.1, -0.05) is 49.4 Å². The van der Waals surface area contributed by atoms with Crippen LogP contribution in [0.4, 0.5) is 5.69 Å². The van der Waals surface area contributed by atoms with Gasteiger partial charge in [-0.05, 0) is 31.4 Å². The molecule has 90 valence electrons. The smallest absolute Gasteiger partial charge is 0.0476 e. The van der Waals surface area contributed by atoms with Crippen molar-refractivity contribution in [1.82, 2.24) is 0 Å². The summed E-state index contributed by atoms with van der Waals surface area (Å²) in [7, 11) is 0. The highest BCUT2D eigenvalue weighted by Gasteiger charge is 2.21. The maximum Gasteiger partial charge on any atom is 0.0476 e. The van der Waals surface area contributed by atoms with Crippen LogP contribution in [0.1, 0.15) is 26.2 Å². The minimum Gasteiger partial charge on any atom is -0.365 e. The van der Waals surface area contributed by atoms with Crippen molar-refractivity contribution in [3.63, 3.8) is 0 Å². The molecule has 0 N–H and O–H groups in total. The van der Waals surface area contributed by atoms with Gasteiger partial charge in [-0.2, -0.15) is 0 Å². The number of rotatable bonds is 4. The van der Waals surface area contributed by atoms with Crippen LogP contribution in [0, 0.1) is 0 Å². The zero-order chi connectivity index (χ0) is 12.1. The van der Waals surface area contributed by atoms with E-state index in [2.05, 4.69) is 60.9 Å². The maximum atomic E-state index is 4.03. The van der Waals surface area contributed by atoms with E-state index in [1.165, 1.54) is 24.1 Å². The molecule has 0 radical (unpaired) electrons. The van der Waals surface area contributed by atoms with Crippen molar-refractivity contribution >= 4 is 5.69 Å². The molecule has 0 unspecified atom stereocenters. The van der Waals surface area contributed by atoms with Crippen LogP contribution in [0.15, 0.2) is 54.6 Å². The first-order chi connectivity index (χ1) is 8.31. The summed E-state index contributed by atoms with van der Waals surface area (Å²) in [5.74, 6) is 0. The van der Waals surface area contributed by atoms with Crippen molar-refractivity contribution in [2.24, 2.45) is 0 Å². The Morgan fingerprint density at radius 3 is 2.88 bits per heavy atom. The Hall–Kier alpha value is -1.50. The number of anilines is 1. The molecule has 2 rings (SSSR count). The molecule has 0 saturated carbocycles. The molecule has 1 aromatic carbocycles. The Balaban J connectivity index is 2.08. The van der Waals surface area contributed by atoms with Gasteiger partial charge in [0.2, 0.25) is 0 Å². The third-order valence-electron chi connectivity index (χ3n) is 3.40. The Labute approximate surface area is 104 Å². The van der Waals surface area contributed by atoms with Gasteiger partial charge < -0.3 is 4.90 Å². The summed E-state index contributed by atoms with van der Waals surface area (Å²) in [5, 5.41) is 0. The molecule has 0 spiro atoms. The summed E-state index contributed by atoms with van der Waals surface area (Å²) < 4.78 is 0. The number of hydrogen-bond donors (Lipinski definition) is 0. The third kappa shape index (κ3) is 3.00. The number of para-hydroxylation sites is 1. The average Bonchev–Trinajstić information content (AvgIpc) is 2.85. The van der Waals surface area contributed by atoms with E-state index in [-0.39, 0.29) is 0 Å². The Morgan fingerprint density at radius 2 is 2.18 bits per heavy atom. The van der Waals surface area contributed by atoms with Crippen LogP contribution in [-0.4, -0.2) is 12.6 Å². The van der Waals surface area contributed by atoms with Gasteiger partial charge in [0.25, 0.3) is 0 Å². The summed E-state index contributed by atoms with van der Waals surface area (Å²) in [6.45, 7) is 7.34. The summed E-state index contributed by atoms with van der Waals surface area (Å²) in [4.78, 5) is 2.49. The molecule has 1 nitrogen and oxygen atoms in total. The predicted molar refractivity (Wildman–Crippen MR) is 75.4 cm³/mol. The van der Waals surface area contributed by atoms with Crippen molar-refractivity contribution in [1.29, 1.82) is 0 Å². The zero-order valence-electron chi connectivity index (χ0n) is 10.6. The van der Waals surface area contributed by atoms with Crippen LogP contribution < -0.4 is 4.90 Å². The molecule has 1 aliphatic rings. The second kappa shape index (κ2) is 5.72. The van der Waals surface area contributed by atoms with Gasteiger partial charge in [-0.15, -0.1) is 0 Å². The molecule has 0 bridgehead atoms. The second-order valence-corrected chi connectivity index (χ2v) is 4.61. The Bertz CT molecular complexity index is 391. The Morgan fingerprint density at radius 1 is 1.41 bits per heavy atom. The first-order valence-corrected chi connectivity index (χ1v) is 6.49. The number of benzene rings is 1. The van der Waals surface area contributed by atoms with Gasteiger partial charge in [0, 0.05) is 18.3 Å². The van der Waals surface area contributed by atoms with Crippen LogP contribution in [0.2, 0.25) is 0 Å². The van der Waals surface area contributed by atoms with Crippen molar-refractivity contribution in [2.45, 2.75) is 32.2 Å². The fourth-order valence-corrected chi connectivity index (χ4v) is 2.30. The first-order valence-electron chi connectivity index (χ1n) is 6.49. The first kappa shape index (κ1) is 12.0. The minimum absolute atomic E-state index is 0.542. The van der Waals surface area contributed by atoms with Gasteiger partial charge in [0.15, 0.2) is 0 Å². The van der Waals surface area contributed by atoms with Crippen LogP contribution in [-0.2, 0) is 0 Å². The normalized spacial score (nSPS) is 20.1. The predicted octanol–water partition coefficient (Wildman–Crippen LogP) is 4.18. The van der Waals surface area contributed by atoms with Crippen molar-refractivity contribution in [3.8, 4) is 0 Å². The lowest BCUT2D eigenvalue weighted by atomic mass is 10.1. The monoisotopic (exact) mass is 227 g/mol. The summed E-state index contributed by atoms with van der Waals surface area (Å²) >= 11 is 0. The van der Waals surface area contributed by atoms with E-state index in [0.717, 1.165) is 13.0 Å². The number of allylic oxidation sites excluding steroid dienone is 2. The van der Waals surface area contributed by atoms with Gasteiger partial charge in [0.1, 0.15) is 0 Å².